The van der Waals surface area contributed by atoms with E-state index in [0.29, 0.717) is 0 Å². The van der Waals surface area contributed by atoms with Gasteiger partial charge in [-0.25, -0.2) is 8.78 Å². The van der Waals surface area contributed by atoms with Crippen LogP contribution in [-0.2, 0) is 0 Å². The van der Waals surface area contributed by atoms with Gasteiger partial charge in [0.15, 0.2) is 5.75 Å². The van der Waals surface area contributed by atoms with Crippen LogP contribution in [0.2, 0.25) is 0 Å². The van der Waals surface area contributed by atoms with Crippen LogP contribution < -0.4 is 5.56 Å². The molecule has 0 saturated carbocycles. The third-order valence-corrected chi connectivity index (χ3v) is 1.88. The molecule has 0 unspecified atom stereocenters. The van der Waals surface area contributed by atoms with Crippen molar-refractivity contribution in [3.63, 3.8) is 0 Å². The van der Waals surface area contributed by atoms with Gasteiger partial charge in [-0.05, 0) is 15.9 Å². The summed E-state index contributed by atoms with van der Waals surface area (Å²) in [6, 6.07) is 0.931. The maximum Gasteiger partial charge on any atom is 0.290 e. The Bertz CT molecular complexity index is 350. The van der Waals surface area contributed by atoms with Gasteiger partial charge in [-0.15, -0.1) is 0 Å². The Morgan fingerprint density at radius 2 is 2.17 bits per heavy atom. The normalized spacial score (nSPS) is 10.7. The summed E-state index contributed by atoms with van der Waals surface area (Å²) in [6.07, 6.45) is -2.77. The highest BCUT2D eigenvalue weighted by atomic mass is 79.9. The van der Waals surface area contributed by atoms with Gasteiger partial charge >= 0.3 is 0 Å². The van der Waals surface area contributed by atoms with Gasteiger partial charge in [0.25, 0.3) is 12.0 Å². The molecule has 1 aromatic rings. The molecule has 0 amide bonds. The number of nitrogens with one attached hydrogen (secondary N) is 1. The molecule has 0 spiro atoms. The maximum absolute atomic E-state index is 12.1. The van der Waals surface area contributed by atoms with Crippen LogP contribution in [0.1, 0.15) is 12.1 Å². The van der Waals surface area contributed by atoms with Gasteiger partial charge in [0.05, 0.1) is 5.69 Å². The second-order valence-electron chi connectivity index (χ2n) is 2.05. The Morgan fingerprint density at radius 1 is 1.58 bits per heavy atom. The van der Waals surface area contributed by atoms with Gasteiger partial charge in [-0.3, -0.25) is 4.79 Å². The number of hydrogen-bond acceptors (Lipinski definition) is 2. The Labute approximate surface area is 74.2 Å². The molecular weight excluding hydrogens is 236 g/mol. The number of pyridine rings is 1. The first kappa shape index (κ1) is 9.18. The van der Waals surface area contributed by atoms with Crippen molar-refractivity contribution >= 4 is 15.9 Å². The molecule has 1 heterocycles. The number of aromatic amines is 1. The minimum Gasteiger partial charge on any atom is -0.503 e. The van der Waals surface area contributed by atoms with Gasteiger partial charge < -0.3 is 10.1 Å². The van der Waals surface area contributed by atoms with Crippen molar-refractivity contribution in [3.05, 3.63) is 26.6 Å². The van der Waals surface area contributed by atoms with E-state index < -0.39 is 23.4 Å². The molecule has 0 radical (unpaired) electrons. The summed E-state index contributed by atoms with van der Waals surface area (Å²) >= 11 is 2.77. The smallest absolute Gasteiger partial charge is 0.290 e. The van der Waals surface area contributed by atoms with Crippen molar-refractivity contribution in [1.29, 1.82) is 0 Å². The number of halogens is 3. The number of alkyl halides is 2. The summed E-state index contributed by atoms with van der Waals surface area (Å²) < 4.78 is 24.1. The van der Waals surface area contributed by atoms with Crippen LogP contribution in [0.4, 0.5) is 8.78 Å². The second-order valence-corrected chi connectivity index (χ2v) is 2.90. The highest BCUT2D eigenvalue weighted by Crippen LogP contribution is 2.25. The second kappa shape index (κ2) is 3.22. The van der Waals surface area contributed by atoms with Crippen molar-refractivity contribution in [1.82, 2.24) is 4.98 Å². The molecule has 0 saturated heterocycles. The Kier molecular flexibility index (Phi) is 2.46. The van der Waals surface area contributed by atoms with Gasteiger partial charge in [0.1, 0.15) is 0 Å². The fourth-order valence-electron chi connectivity index (χ4n) is 0.668. The third-order valence-electron chi connectivity index (χ3n) is 1.22. The summed E-state index contributed by atoms with van der Waals surface area (Å²) in [5.74, 6) is -0.591. The first-order valence-corrected chi connectivity index (χ1v) is 3.71. The lowest BCUT2D eigenvalue weighted by molar-refractivity contribution is 0.144. The van der Waals surface area contributed by atoms with E-state index in [-0.39, 0.29) is 4.47 Å². The van der Waals surface area contributed by atoms with E-state index in [4.69, 9.17) is 5.11 Å². The van der Waals surface area contributed by atoms with Gasteiger partial charge in [0.2, 0.25) is 0 Å². The van der Waals surface area contributed by atoms with Crippen LogP contribution in [-0.4, -0.2) is 10.1 Å². The van der Waals surface area contributed by atoms with Crippen molar-refractivity contribution in [2.75, 3.05) is 0 Å². The van der Waals surface area contributed by atoms with Crippen molar-refractivity contribution in [2.45, 2.75) is 6.43 Å². The molecule has 0 aromatic carbocycles. The summed E-state index contributed by atoms with van der Waals surface area (Å²) in [7, 11) is 0. The van der Waals surface area contributed by atoms with E-state index in [0.717, 1.165) is 6.07 Å². The average molecular weight is 240 g/mol. The molecule has 2 N–H and O–H groups in total. The Morgan fingerprint density at radius 3 is 2.67 bits per heavy atom. The number of aromatic nitrogens is 1. The lowest BCUT2D eigenvalue weighted by atomic mass is 10.3. The predicted molar refractivity (Wildman–Crippen MR) is 41.4 cm³/mol. The number of rotatable bonds is 1. The van der Waals surface area contributed by atoms with Crippen LogP contribution in [0.5, 0.6) is 5.75 Å². The Hall–Kier alpha value is -0.910. The maximum atomic E-state index is 12.1. The zero-order valence-electron chi connectivity index (χ0n) is 5.64. The third kappa shape index (κ3) is 1.63. The van der Waals surface area contributed by atoms with Crippen LogP contribution in [0, 0.1) is 0 Å². The SMILES string of the molecule is O=c1[nH]c(C(F)F)c(Br)cc1O. The van der Waals surface area contributed by atoms with Crippen LogP contribution in [0.15, 0.2) is 15.3 Å². The van der Waals surface area contributed by atoms with Crippen molar-refractivity contribution in [2.24, 2.45) is 0 Å². The van der Waals surface area contributed by atoms with Crippen LogP contribution in [0.25, 0.3) is 0 Å². The lowest BCUT2D eigenvalue weighted by Crippen LogP contribution is -2.08. The Balaban J connectivity index is 3.33. The molecule has 0 aliphatic carbocycles. The summed E-state index contributed by atoms with van der Waals surface area (Å²) in [6.45, 7) is 0. The molecule has 0 bridgehead atoms. The van der Waals surface area contributed by atoms with Crippen molar-refractivity contribution < 1.29 is 13.9 Å². The van der Waals surface area contributed by atoms with E-state index in [1.807, 2.05) is 4.98 Å². The van der Waals surface area contributed by atoms with E-state index in [1.165, 1.54) is 0 Å². The molecule has 66 valence electrons. The van der Waals surface area contributed by atoms with E-state index >= 15 is 0 Å². The molecule has 0 aliphatic heterocycles. The van der Waals surface area contributed by atoms with E-state index in [9.17, 15) is 13.6 Å². The topological polar surface area (TPSA) is 53.1 Å². The minimum absolute atomic E-state index is 0.0189. The zero-order valence-corrected chi connectivity index (χ0v) is 7.23. The molecule has 0 atom stereocenters. The fraction of sp³-hybridized carbons (Fsp3) is 0.167. The molecule has 1 rings (SSSR count). The molecule has 0 fully saturated rings. The van der Waals surface area contributed by atoms with Crippen LogP contribution >= 0.6 is 15.9 Å². The predicted octanol–water partition coefficient (Wildman–Crippen LogP) is 1.78. The standard InChI is InChI=1S/C6H4BrF2NO2/c7-2-1-3(11)6(12)10-4(2)5(8)9/h1,5,11H,(H,10,12). The molecule has 3 nitrogen and oxygen atoms in total. The summed E-state index contributed by atoms with van der Waals surface area (Å²) in [5, 5.41) is 8.79. The highest BCUT2D eigenvalue weighted by molar-refractivity contribution is 9.10. The number of H-pyrrole nitrogens is 1. The van der Waals surface area contributed by atoms with Crippen molar-refractivity contribution in [3.8, 4) is 5.75 Å². The first-order valence-electron chi connectivity index (χ1n) is 2.92. The quantitative estimate of drug-likeness (QED) is 0.785. The molecule has 6 heteroatoms. The number of hydrogen-bond donors (Lipinski definition) is 2. The summed E-state index contributed by atoms with van der Waals surface area (Å²) in [4.78, 5) is 12.5. The highest BCUT2D eigenvalue weighted by Gasteiger charge is 2.14. The van der Waals surface area contributed by atoms with E-state index in [1.54, 1.807) is 0 Å². The molecule has 0 aliphatic rings. The molecule has 1 aromatic heterocycles. The largest absolute Gasteiger partial charge is 0.503 e. The molecular formula is C6H4BrF2NO2. The average Bonchev–Trinajstić information content (AvgIpc) is 1.96. The zero-order chi connectivity index (χ0) is 9.30. The van der Waals surface area contributed by atoms with Gasteiger partial charge in [-0.1, -0.05) is 0 Å². The summed E-state index contributed by atoms with van der Waals surface area (Å²) in [5.41, 5.74) is -1.45. The first-order chi connectivity index (χ1) is 5.52. The van der Waals surface area contributed by atoms with Gasteiger partial charge in [-0.2, -0.15) is 0 Å². The van der Waals surface area contributed by atoms with Crippen LogP contribution in [0.3, 0.4) is 0 Å². The fourth-order valence-corrected chi connectivity index (χ4v) is 1.16. The van der Waals surface area contributed by atoms with E-state index in [2.05, 4.69) is 15.9 Å². The molecule has 12 heavy (non-hydrogen) atoms. The lowest BCUT2D eigenvalue weighted by Gasteiger charge is -2.01. The number of aromatic hydroxyl groups is 1. The minimum atomic E-state index is -2.77. The monoisotopic (exact) mass is 239 g/mol. The van der Waals surface area contributed by atoms with Gasteiger partial charge in [0, 0.05) is 10.5 Å².